The molecular weight excluding hydrogens is 314 g/mol. The summed E-state index contributed by atoms with van der Waals surface area (Å²) in [4.78, 5) is 11.9. The van der Waals surface area contributed by atoms with Crippen molar-refractivity contribution in [3.8, 4) is 0 Å². The third kappa shape index (κ3) is 3.48. The second kappa shape index (κ2) is 5.44. The average molecular weight is 327 g/mol. The molecule has 0 saturated carbocycles. The summed E-state index contributed by atoms with van der Waals surface area (Å²) in [6.07, 6.45) is 0. The highest BCUT2D eigenvalue weighted by Crippen LogP contribution is 2.39. The molecule has 0 fully saturated rings. The summed E-state index contributed by atoms with van der Waals surface area (Å²) < 4.78 is 32.1. The molecule has 0 radical (unpaired) electrons. The van der Waals surface area contributed by atoms with Gasteiger partial charge >= 0.3 is 5.97 Å². The van der Waals surface area contributed by atoms with E-state index < -0.39 is 17.8 Å². The lowest BCUT2D eigenvalue weighted by molar-refractivity contribution is -0.00244. The van der Waals surface area contributed by atoms with Gasteiger partial charge in [-0.3, -0.25) is 0 Å². The monoisotopic (exact) mass is 326 g/mol. The van der Waals surface area contributed by atoms with Gasteiger partial charge in [0.25, 0.3) is 5.92 Å². The lowest BCUT2D eigenvalue weighted by atomic mass is 9.96. The number of carbonyl (C=O) groups excluding carboxylic acids is 1. The highest BCUT2D eigenvalue weighted by Gasteiger charge is 2.35. The lowest BCUT2D eigenvalue weighted by Crippen LogP contribution is -2.21. The van der Waals surface area contributed by atoms with Crippen LogP contribution in [-0.2, 0) is 4.74 Å². The van der Waals surface area contributed by atoms with Crippen molar-refractivity contribution in [1.82, 2.24) is 0 Å². The van der Waals surface area contributed by atoms with Crippen LogP contribution in [0.2, 0.25) is 0 Å². The minimum absolute atomic E-state index is 0.227. The molecule has 0 aromatic carbocycles. The summed E-state index contributed by atoms with van der Waals surface area (Å²) >= 11 is 4.32. The van der Waals surface area contributed by atoms with E-state index in [1.54, 1.807) is 13.0 Å². The number of rotatable bonds is 4. The summed E-state index contributed by atoms with van der Waals surface area (Å²) in [5, 5.41) is 0. The first kappa shape index (κ1) is 14.6. The standard InChI is InChI=1S/C11H13BrF2O2S/c1-4-16-10(15)9-7(5-8(12)17-9)6(2)11(3,13)14/h5-6H,4H2,1-3H3. The van der Waals surface area contributed by atoms with E-state index in [0.29, 0.717) is 9.35 Å². The molecule has 1 unspecified atom stereocenters. The quantitative estimate of drug-likeness (QED) is 0.764. The van der Waals surface area contributed by atoms with Crippen LogP contribution in [0.25, 0.3) is 0 Å². The number of carbonyl (C=O) groups is 1. The molecule has 96 valence electrons. The Labute approximate surface area is 111 Å². The highest BCUT2D eigenvalue weighted by molar-refractivity contribution is 9.11. The number of esters is 1. The van der Waals surface area contributed by atoms with E-state index in [0.717, 1.165) is 18.3 Å². The van der Waals surface area contributed by atoms with Gasteiger partial charge in [0.2, 0.25) is 0 Å². The maximum absolute atomic E-state index is 13.3. The first-order valence-corrected chi connectivity index (χ1v) is 6.72. The summed E-state index contributed by atoms with van der Waals surface area (Å²) in [6.45, 7) is 4.15. The molecule has 0 saturated heterocycles. The predicted octanol–water partition coefficient (Wildman–Crippen LogP) is 4.45. The van der Waals surface area contributed by atoms with E-state index >= 15 is 0 Å². The van der Waals surface area contributed by atoms with Gasteiger partial charge in [0, 0.05) is 5.92 Å². The maximum atomic E-state index is 13.3. The normalized spacial score (nSPS) is 13.5. The molecular formula is C11H13BrF2O2S. The van der Waals surface area contributed by atoms with Gasteiger partial charge in [0.15, 0.2) is 0 Å². The SMILES string of the molecule is CCOC(=O)c1sc(Br)cc1C(C)C(C)(F)F. The molecule has 6 heteroatoms. The van der Waals surface area contributed by atoms with Crippen molar-refractivity contribution in [3.05, 3.63) is 20.3 Å². The van der Waals surface area contributed by atoms with Crippen molar-refractivity contribution in [2.45, 2.75) is 32.6 Å². The fraction of sp³-hybridized carbons (Fsp3) is 0.545. The van der Waals surface area contributed by atoms with Gasteiger partial charge < -0.3 is 4.74 Å². The number of hydrogen-bond donors (Lipinski definition) is 0. The van der Waals surface area contributed by atoms with Crippen LogP contribution in [0.3, 0.4) is 0 Å². The van der Waals surface area contributed by atoms with Crippen LogP contribution in [0, 0.1) is 0 Å². The number of halogens is 3. The molecule has 1 heterocycles. The van der Waals surface area contributed by atoms with Crippen LogP contribution >= 0.6 is 27.3 Å². The van der Waals surface area contributed by atoms with E-state index in [4.69, 9.17) is 4.74 Å². The average Bonchev–Trinajstić information content (AvgIpc) is 2.58. The second-order valence-electron chi connectivity index (χ2n) is 3.73. The largest absolute Gasteiger partial charge is 0.462 e. The van der Waals surface area contributed by atoms with Crippen molar-refractivity contribution >= 4 is 33.2 Å². The third-order valence-corrected chi connectivity index (χ3v) is 4.05. The van der Waals surface area contributed by atoms with Crippen LogP contribution in [0.15, 0.2) is 9.85 Å². The second-order valence-corrected chi connectivity index (χ2v) is 6.16. The van der Waals surface area contributed by atoms with Crippen LogP contribution in [-0.4, -0.2) is 18.5 Å². The molecule has 0 amide bonds. The third-order valence-electron chi connectivity index (χ3n) is 2.42. The summed E-state index contributed by atoms with van der Waals surface area (Å²) in [5.74, 6) is -4.44. The van der Waals surface area contributed by atoms with Crippen LogP contribution in [0.1, 0.15) is 41.9 Å². The predicted molar refractivity (Wildman–Crippen MR) is 67.0 cm³/mol. The summed E-state index contributed by atoms with van der Waals surface area (Å²) in [5.41, 5.74) is 0.327. The molecule has 1 atom stereocenters. The van der Waals surface area contributed by atoms with Gasteiger partial charge in [0.05, 0.1) is 10.4 Å². The van der Waals surface area contributed by atoms with E-state index in [2.05, 4.69) is 15.9 Å². The number of hydrogen-bond acceptors (Lipinski definition) is 3. The van der Waals surface area contributed by atoms with Crippen molar-refractivity contribution in [3.63, 3.8) is 0 Å². The Hall–Kier alpha value is -0.490. The Morgan fingerprint density at radius 3 is 2.71 bits per heavy atom. The molecule has 1 aromatic heterocycles. The zero-order chi connectivity index (χ0) is 13.2. The molecule has 0 aliphatic rings. The minimum atomic E-state index is -2.87. The molecule has 17 heavy (non-hydrogen) atoms. The van der Waals surface area contributed by atoms with Crippen LogP contribution < -0.4 is 0 Å². The van der Waals surface area contributed by atoms with E-state index in [1.165, 1.54) is 6.92 Å². The van der Waals surface area contributed by atoms with E-state index in [1.807, 2.05) is 0 Å². The molecule has 1 rings (SSSR count). The van der Waals surface area contributed by atoms with Crippen molar-refractivity contribution in [1.29, 1.82) is 0 Å². The number of ether oxygens (including phenoxy) is 1. The Bertz CT molecular complexity index is 412. The molecule has 0 bridgehead atoms. The van der Waals surface area contributed by atoms with Gasteiger partial charge in [-0.05, 0) is 41.4 Å². The Morgan fingerprint density at radius 1 is 1.65 bits per heavy atom. The van der Waals surface area contributed by atoms with E-state index in [9.17, 15) is 13.6 Å². The van der Waals surface area contributed by atoms with Gasteiger partial charge in [0.1, 0.15) is 4.88 Å². The zero-order valence-electron chi connectivity index (χ0n) is 9.72. The van der Waals surface area contributed by atoms with Crippen molar-refractivity contribution < 1.29 is 18.3 Å². The number of thiophene rings is 1. The lowest BCUT2D eigenvalue weighted by Gasteiger charge is -2.19. The summed E-state index contributed by atoms with van der Waals surface area (Å²) in [6, 6.07) is 1.55. The van der Waals surface area contributed by atoms with Gasteiger partial charge in [-0.1, -0.05) is 6.92 Å². The molecule has 2 nitrogen and oxygen atoms in total. The van der Waals surface area contributed by atoms with Gasteiger partial charge in [-0.25, -0.2) is 13.6 Å². The van der Waals surface area contributed by atoms with Crippen LogP contribution in [0.5, 0.6) is 0 Å². The molecule has 0 aliphatic heterocycles. The summed E-state index contributed by atoms with van der Waals surface area (Å²) in [7, 11) is 0. The smallest absolute Gasteiger partial charge is 0.348 e. The van der Waals surface area contributed by atoms with Crippen molar-refractivity contribution in [2.24, 2.45) is 0 Å². The van der Waals surface area contributed by atoms with Gasteiger partial charge in [-0.15, -0.1) is 11.3 Å². The Morgan fingerprint density at radius 2 is 2.24 bits per heavy atom. The fourth-order valence-electron chi connectivity index (χ4n) is 1.32. The van der Waals surface area contributed by atoms with Crippen LogP contribution in [0.4, 0.5) is 8.78 Å². The molecule has 1 aromatic rings. The highest BCUT2D eigenvalue weighted by atomic mass is 79.9. The Kier molecular flexibility index (Phi) is 4.66. The molecule has 0 spiro atoms. The number of alkyl halides is 2. The Balaban J connectivity index is 3.12. The molecule has 0 N–H and O–H groups in total. The molecule has 0 aliphatic carbocycles. The zero-order valence-corrected chi connectivity index (χ0v) is 12.1. The first-order valence-electron chi connectivity index (χ1n) is 5.11. The van der Waals surface area contributed by atoms with Crippen molar-refractivity contribution in [2.75, 3.05) is 6.61 Å². The fourth-order valence-corrected chi connectivity index (χ4v) is 2.93. The first-order chi connectivity index (χ1) is 7.77. The van der Waals surface area contributed by atoms with E-state index in [-0.39, 0.29) is 11.5 Å². The topological polar surface area (TPSA) is 26.3 Å². The maximum Gasteiger partial charge on any atom is 0.348 e. The van der Waals surface area contributed by atoms with Gasteiger partial charge in [-0.2, -0.15) is 0 Å². The minimum Gasteiger partial charge on any atom is -0.462 e.